The van der Waals surface area contributed by atoms with Crippen molar-refractivity contribution in [2.24, 2.45) is 0 Å². The fourth-order valence-corrected chi connectivity index (χ4v) is 1.23. The van der Waals surface area contributed by atoms with Crippen molar-refractivity contribution in [1.29, 1.82) is 0 Å². The number of carboxylic acid groups (broad SMARTS) is 1. The molecule has 1 aromatic heterocycles. The fraction of sp³-hybridized carbons (Fsp3) is 0.385. The molecule has 1 aromatic rings. The Balaban J connectivity index is 2.99. The molecule has 1 unspecified atom stereocenters. The topological polar surface area (TPSA) is 59.4 Å². The van der Waals surface area contributed by atoms with E-state index >= 15 is 0 Å². The van der Waals surface area contributed by atoms with Crippen LogP contribution < -0.4 is 4.74 Å². The Kier molecular flexibility index (Phi) is 4.69. The zero-order chi connectivity index (χ0) is 12.8. The highest BCUT2D eigenvalue weighted by molar-refractivity contribution is 5.85. The summed E-state index contributed by atoms with van der Waals surface area (Å²) in [5.74, 6) is -0.384. The van der Waals surface area contributed by atoms with Gasteiger partial charge in [0.05, 0.1) is 6.10 Å². The van der Waals surface area contributed by atoms with Crippen molar-refractivity contribution in [1.82, 2.24) is 4.98 Å². The van der Waals surface area contributed by atoms with Crippen LogP contribution in [0.3, 0.4) is 0 Å². The van der Waals surface area contributed by atoms with Crippen molar-refractivity contribution in [2.75, 3.05) is 0 Å². The monoisotopic (exact) mass is 235 g/mol. The minimum Gasteiger partial charge on any atom is -0.488 e. The molecule has 4 nitrogen and oxygen atoms in total. The number of carbonyl (C=O) groups is 1. The molecule has 0 amide bonds. The summed E-state index contributed by atoms with van der Waals surface area (Å²) >= 11 is 0. The van der Waals surface area contributed by atoms with Gasteiger partial charge < -0.3 is 9.84 Å². The van der Waals surface area contributed by atoms with Crippen molar-refractivity contribution in [3.8, 4) is 5.75 Å². The molecule has 0 aromatic carbocycles. The van der Waals surface area contributed by atoms with Gasteiger partial charge in [-0.2, -0.15) is 0 Å². The van der Waals surface area contributed by atoms with Crippen molar-refractivity contribution in [3.63, 3.8) is 0 Å². The maximum absolute atomic E-state index is 10.5. The van der Waals surface area contributed by atoms with Crippen LogP contribution in [0.5, 0.6) is 5.75 Å². The molecule has 0 aliphatic carbocycles. The van der Waals surface area contributed by atoms with E-state index in [0.29, 0.717) is 11.4 Å². The van der Waals surface area contributed by atoms with E-state index in [4.69, 9.17) is 9.84 Å². The summed E-state index contributed by atoms with van der Waals surface area (Å²) in [6, 6.07) is 3.66. The van der Waals surface area contributed by atoms with E-state index < -0.39 is 5.97 Å². The minimum atomic E-state index is -0.997. The first-order valence-electron chi connectivity index (χ1n) is 5.58. The largest absolute Gasteiger partial charge is 0.488 e. The van der Waals surface area contributed by atoms with Gasteiger partial charge in [0.25, 0.3) is 0 Å². The van der Waals surface area contributed by atoms with E-state index in [-0.39, 0.29) is 6.10 Å². The van der Waals surface area contributed by atoms with Gasteiger partial charge >= 0.3 is 5.97 Å². The molecule has 1 rings (SSSR count). The first-order chi connectivity index (χ1) is 8.02. The molecule has 0 fully saturated rings. The smallest absolute Gasteiger partial charge is 0.328 e. The Bertz CT molecular complexity index is 427. The predicted octanol–water partition coefficient (Wildman–Crippen LogP) is 2.67. The minimum absolute atomic E-state index is 0.0801. The first-order valence-corrected chi connectivity index (χ1v) is 5.58. The Labute approximate surface area is 101 Å². The summed E-state index contributed by atoms with van der Waals surface area (Å²) in [5.41, 5.74) is 1.37. The van der Waals surface area contributed by atoms with Crippen molar-refractivity contribution >= 4 is 12.0 Å². The zero-order valence-corrected chi connectivity index (χ0v) is 10.3. The van der Waals surface area contributed by atoms with Gasteiger partial charge in [0.2, 0.25) is 0 Å². The van der Waals surface area contributed by atoms with Gasteiger partial charge in [-0.05, 0) is 38.5 Å². The molecule has 0 radical (unpaired) electrons. The lowest BCUT2D eigenvalue weighted by molar-refractivity contribution is -0.131. The molecule has 0 bridgehead atoms. The number of nitrogens with zero attached hydrogens (tertiary/aromatic N) is 1. The maximum Gasteiger partial charge on any atom is 0.328 e. The molecule has 0 saturated carbocycles. The van der Waals surface area contributed by atoms with Crippen LogP contribution in [0.4, 0.5) is 0 Å². The van der Waals surface area contributed by atoms with Crippen LogP contribution >= 0.6 is 0 Å². The Morgan fingerprint density at radius 1 is 1.59 bits per heavy atom. The standard InChI is InChI=1S/C13H17NO3/c1-4-10(3)17-12-7-5-9(2)14-11(12)6-8-13(15)16/h5-8,10H,4H2,1-3H3,(H,15,16)/b8-6+. The molecule has 1 atom stereocenters. The number of ether oxygens (including phenoxy) is 1. The summed E-state index contributed by atoms with van der Waals surface area (Å²) in [6.45, 7) is 5.84. The lowest BCUT2D eigenvalue weighted by Crippen LogP contribution is -2.11. The number of hydrogen-bond acceptors (Lipinski definition) is 3. The van der Waals surface area contributed by atoms with Crippen molar-refractivity contribution < 1.29 is 14.6 Å². The van der Waals surface area contributed by atoms with E-state index in [1.807, 2.05) is 32.9 Å². The van der Waals surface area contributed by atoms with Gasteiger partial charge in [0, 0.05) is 11.8 Å². The van der Waals surface area contributed by atoms with Gasteiger partial charge in [0.15, 0.2) is 0 Å². The summed E-state index contributed by atoms with van der Waals surface area (Å²) in [6.07, 6.45) is 3.48. The van der Waals surface area contributed by atoms with E-state index in [9.17, 15) is 4.79 Å². The average molecular weight is 235 g/mol. The number of pyridine rings is 1. The molecule has 0 spiro atoms. The van der Waals surface area contributed by atoms with E-state index in [2.05, 4.69) is 4.98 Å². The summed E-state index contributed by atoms with van der Waals surface area (Å²) in [4.78, 5) is 14.7. The molecule has 0 aliphatic heterocycles. The first kappa shape index (κ1) is 13.2. The van der Waals surface area contributed by atoms with E-state index in [1.165, 1.54) is 6.08 Å². The van der Waals surface area contributed by atoms with Crippen LogP contribution in [0.15, 0.2) is 18.2 Å². The van der Waals surface area contributed by atoms with E-state index in [0.717, 1.165) is 18.2 Å². The summed E-state index contributed by atoms with van der Waals surface area (Å²) in [7, 11) is 0. The quantitative estimate of drug-likeness (QED) is 0.797. The van der Waals surface area contributed by atoms with Gasteiger partial charge in [-0.3, -0.25) is 0 Å². The summed E-state index contributed by atoms with van der Waals surface area (Å²) in [5, 5.41) is 8.61. The Morgan fingerprint density at radius 3 is 2.88 bits per heavy atom. The average Bonchev–Trinajstić information content (AvgIpc) is 2.29. The highest BCUT2D eigenvalue weighted by atomic mass is 16.5. The second-order valence-corrected chi connectivity index (χ2v) is 3.84. The number of hydrogen-bond donors (Lipinski definition) is 1. The SMILES string of the molecule is CCC(C)Oc1ccc(C)nc1/C=C/C(=O)O. The molecule has 4 heteroatoms. The van der Waals surface area contributed by atoms with Crippen LogP contribution in [0, 0.1) is 6.92 Å². The molecule has 17 heavy (non-hydrogen) atoms. The molecule has 0 saturated heterocycles. The molecule has 1 heterocycles. The molecule has 92 valence electrons. The third kappa shape index (κ3) is 4.26. The van der Waals surface area contributed by atoms with Gasteiger partial charge in [-0.1, -0.05) is 6.92 Å². The predicted molar refractivity (Wildman–Crippen MR) is 66.0 cm³/mol. The maximum atomic E-state index is 10.5. The van der Waals surface area contributed by atoms with Crippen LogP contribution in [0.25, 0.3) is 6.08 Å². The highest BCUT2D eigenvalue weighted by Gasteiger charge is 2.07. The number of rotatable bonds is 5. The number of carboxylic acids is 1. The lowest BCUT2D eigenvalue weighted by atomic mass is 10.2. The Hall–Kier alpha value is -1.84. The summed E-state index contributed by atoms with van der Waals surface area (Å²) < 4.78 is 5.68. The lowest BCUT2D eigenvalue weighted by Gasteiger charge is -2.14. The molecular formula is C13H17NO3. The third-order valence-electron chi connectivity index (χ3n) is 2.31. The molecule has 0 aliphatic rings. The number of aryl methyl sites for hydroxylation is 1. The van der Waals surface area contributed by atoms with Crippen LogP contribution in [0.1, 0.15) is 31.7 Å². The van der Waals surface area contributed by atoms with Gasteiger partial charge in [-0.15, -0.1) is 0 Å². The van der Waals surface area contributed by atoms with Gasteiger partial charge in [0.1, 0.15) is 11.4 Å². The Morgan fingerprint density at radius 2 is 2.29 bits per heavy atom. The van der Waals surface area contributed by atoms with Crippen LogP contribution in [-0.2, 0) is 4.79 Å². The van der Waals surface area contributed by atoms with E-state index in [1.54, 1.807) is 0 Å². The molecule has 1 N–H and O–H groups in total. The van der Waals surface area contributed by atoms with Crippen LogP contribution in [0.2, 0.25) is 0 Å². The van der Waals surface area contributed by atoms with Gasteiger partial charge in [-0.25, -0.2) is 9.78 Å². The number of aliphatic carboxylic acids is 1. The van der Waals surface area contributed by atoms with Crippen LogP contribution in [-0.4, -0.2) is 22.2 Å². The fourth-order valence-electron chi connectivity index (χ4n) is 1.23. The second-order valence-electron chi connectivity index (χ2n) is 3.84. The third-order valence-corrected chi connectivity index (χ3v) is 2.31. The van der Waals surface area contributed by atoms with Crippen molar-refractivity contribution in [2.45, 2.75) is 33.3 Å². The highest BCUT2D eigenvalue weighted by Crippen LogP contribution is 2.20. The normalized spacial score (nSPS) is 12.6. The number of aromatic nitrogens is 1. The zero-order valence-electron chi connectivity index (χ0n) is 10.3. The van der Waals surface area contributed by atoms with Crippen molar-refractivity contribution in [3.05, 3.63) is 29.6 Å². The second kappa shape index (κ2) is 6.03. The molecular weight excluding hydrogens is 218 g/mol.